The second-order valence-electron chi connectivity index (χ2n) is 4.31. The Morgan fingerprint density at radius 3 is 2.78 bits per heavy atom. The van der Waals surface area contributed by atoms with Gasteiger partial charge in [-0.25, -0.2) is 4.98 Å². The number of aryl methyl sites for hydroxylation is 1. The first kappa shape index (κ1) is 14.5. The fraction of sp³-hybridized carbons (Fsp3) is 0.571. The van der Waals surface area contributed by atoms with Crippen molar-refractivity contribution in [3.8, 4) is 0 Å². The predicted molar refractivity (Wildman–Crippen MR) is 74.6 cm³/mol. The number of anilines is 1. The molecule has 1 atom stereocenters. The van der Waals surface area contributed by atoms with Gasteiger partial charge >= 0.3 is 0 Å². The highest BCUT2D eigenvalue weighted by atomic mass is 16.2. The number of likely N-dealkylation sites (tertiary alicyclic amines) is 1. The maximum absolute atomic E-state index is 11.2. The molecule has 0 radical (unpaired) electrons. The van der Waals surface area contributed by atoms with Crippen molar-refractivity contribution in [3.63, 3.8) is 0 Å². The monoisotopic (exact) mass is 249 g/mol. The van der Waals surface area contributed by atoms with Crippen molar-refractivity contribution in [2.75, 3.05) is 18.4 Å². The molecule has 1 unspecified atom stereocenters. The molecule has 1 fully saturated rings. The second kappa shape index (κ2) is 6.99. The summed E-state index contributed by atoms with van der Waals surface area (Å²) in [6.45, 7) is 9.29. The zero-order valence-electron chi connectivity index (χ0n) is 11.7. The summed E-state index contributed by atoms with van der Waals surface area (Å²) in [5.74, 6) is 1.05. The molecule has 0 aromatic carbocycles. The quantitative estimate of drug-likeness (QED) is 0.875. The van der Waals surface area contributed by atoms with Crippen LogP contribution in [0.5, 0.6) is 0 Å². The van der Waals surface area contributed by atoms with Gasteiger partial charge in [0.2, 0.25) is 5.91 Å². The van der Waals surface area contributed by atoms with Gasteiger partial charge in [0.25, 0.3) is 0 Å². The first-order valence-corrected chi connectivity index (χ1v) is 6.60. The SMILES string of the molecule is CC.CC(=O)N1CCC(Nc2cc(C)ccn2)C1. The summed E-state index contributed by atoms with van der Waals surface area (Å²) in [5, 5.41) is 3.36. The van der Waals surface area contributed by atoms with E-state index in [4.69, 9.17) is 0 Å². The molecular formula is C14H23N3O. The summed E-state index contributed by atoms with van der Waals surface area (Å²) in [7, 11) is 0. The Kier molecular flexibility index (Phi) is 5.62. The Hall–Kier alpha value is -1.58. The van der Waals surface area contributed by atoms with Gasteiger partial charge in [-0.2, -0.15) is 0 Å². The highest BCUT2D eigenvalue weighted by Crippen LogP contribution is 2.14. The van der Waals surface area contributed by atoms with Crippen molar-refractivity contribution in [1.29, 1.82) is 0 Å². The minimum Gasteiger partial charge on any atom is -0.365 e. The number of pyridine rings is 1. The molecule has 1 aliphatic rings. The van der Waals surface area contributed by atoms with E-state index in [2.05, 4.69) is 10.3 Å². The van der Waals surface area contributed by atoms with Crippen molar-refractivity contribution < 1.29 is 4.79 Å². The Morgan fingerprint density at radius 2 is 2.22 bits per heavy atom. The maximum Gasteiger partial charge on any atom is 0.219 e. The van der Waals surface area contributed by atoms with Gasteiger partial charge in [0.15, 0.2) is 0 Å². The van der Waals surface area contributed by atoms with Gasteiger partial charge in [0, 0.05) is 32.3 Å². The third kappa shape index (κ3) is 4.02. The Bertz CT molecular complexity index is 392. The van der Waals surface area contributed by atoms with Crippen LogP contribution in [0, 0.1) is 6.92 Å². The van der Waals surface area contributed by atoms with E-state index in [1.54, 1.807) is 13.1 Å². The molecule has 0 aliphatic carbocycles. The van der Waals surface area contributed by atoms with E-state index in [-0.39, 0.29) is 5.91 Å². The number of carbonyl (C=O) groups excluding carboxylic acids is 1. The Balaban J connectivity index is 0.000000771. The van der Waals surface area contributed by atoms with Gasteiger partial charge in [-0.15, -0.1) is 0 Å². The Labute approximate surface area is 109 Å². The summed E-state index contributed by atoms with van der Waals surface area (Å²) >= 11 is 0. The van der Waals surface area contributed by atoms with Crippen LogP contribution in [0.4, 0.5) is 5.82 Å². The molecule has 1 N–H and O–H groups in total. The van der Waals surface area contributed by atoms with Crippen molar-refractivity contribution in [1.82, 2.24) is 9.88 Å². The average Bonchev–Trinajstić information content (AvgIpc) is 2.80. The first-order chi connectivity index (χ1) is 8.65. The number of nitrogens with one attached hydrogen (secondary N) is 1. The van der Waals surface area contributed by atoms with E-state index in [1.165, 1.54) is 5.56 Å². The predicted octanol–water partition coefficient (Wildman–Crippen LogP) is 2.45. The van der Waals surface area contributed by atoms with E-state index in [9.17, 15) is 4.79 Å². The molecule has 0 bridgehead atoms. The lowest BCUT2D eigenvalue weighted by atomic mass is 10.2. The molecule has 0 saturated carbocycles. The number of amides is 1. The number of hydrogen-bond donors (Lipinski definition) is 1. The van der Waals surface area contributed by atoms with E-state index in [1.807, 2.05) is 37.8 Å². The Morgan fingerprint density at radius 1 is 1.50 bits per heavy atom. The molecule has 1 aliphatic heterocycles. The molecular weight excluding hydrogens is 226 g/mol. The number of nitrogens with zero attached hydrogens (tertiary/aromatic N) is 2. The maximum atomic E-state index is 11.2. The molecule has 2 heterocycles. The van der Waals surface area contributed by atoms with Gasteiger partial charge < -0.3 is 10.2 Å². The zero-order valence-corrected chi connectivity index (χ0v) is 11.7. The molecule has 1 amide bonds. The number of hydrogen-bond acceptors (Lipinski definition) is 3. The summed E-state index contributed by atoms with van der Waals surface area (Å²) in [6, 6.07) is 4.33. The van der Waals surface area contributed by atoms with E-state index < -0.39 is 0 Å². The van der Waals surface area contributed by atoms with Crippen LogP contribution in [0.25, 0.3) is 0 Å². The van der Waals surface area contributed by atoms with Crippen molar-refractivity contribution in [2.24, 2.45) is 0 Å². The second-order valence-corrected chi connectivity index (χ2v) is 4.31. The molecule has 2 rings (SSSR count). The molecule has 100 valence electrons. The molecule has 1 saturated heterocycles. The van der Waals surface area contributed by atoms with Crippen LogP contribution in [0.1, 0.15) is 32.8 Å². The third-order valence-electron chi connectivity index (χ3n) is 2.90. The molecule has 1 aromatic rings. The highest BCUT2D eigenvalue weighted by Gasteiger charge is 2.23. The topological polar surface area (TPSA) is 45.2 Å². The standard InChI is InChI=1S/C12H17N3O.C2H6/c1-9-3-5-13-12(7-9)14-11-4-6-15(8-11)10(2)16;1-2/h3,5,7,11H,4,6,8H2,1-2H3,(H,13,14);1-2H3. The molecule has 18 heavy (non-hydrogen) atoms. The van der Waals surface area contributed by atoms with Gasteiger partial charge in [0.05, 0.1) is 0 Å². The van der Waals surface area contributed by atoms with Gasteiger partial charge in [-0.05, 0) is 31.0 Å². The number of aromatic nitrogens is 1. The number of carbonyl (C=O) groups is 1. The van der Waals surface area contributed by atoms with Crippen LogP contribution in [-0.4, -0.2) is 34.9 Å². The minimum atomic E-state index is 0.154. The van der Waals surface area contributed by atoms with E-state index in [0.29, 0.717) is 6.04 Å². The highest BCUT2D eigenvalue weighted by molar-refractivity contribution is 5.73. The lowest BCUT2D eigenvalue weighted by Crippen LogP contribution is -2.29. The first-order valence-electron chi connectivity index (χ1n) is 6.60. The van der Waals surface area contributed by atoms with E-state index >= 15 is 0 Å². The lowest BCUT2D eigenvalue weighted by Gasteiger charge is -2.15. The van der Waals surface area contributed by atoms with Crippen molar-refractivity contribution in [2.45, 2.75) is 40.2 Å². The van der Waals surface area contributed by atoms with Crippen molar-refractivity contribution in [3.05, 3.63) is 23.9 Å². The summed E-state index contributed by atoms with van der Waals surface area (Å²) in [5.41, 5.74) is 1.19. The number of rotatable bonds is 2. The van der Waals surface area contributed by atoms with E-state index in [0.717, 1.165) is 25.3 Å². The fourth-order valence-corrected chi connectivity index (χ4v) is 1.99. The normalized spacial score (nSPS) is 18.0. The fourth-order valence-electron chi connectivity index (χ4n) is 1.99. The molecule has 4 heteroatoms. The van der Waals surface area contributed by atoms with Crippen LogP contribution in [0.15, 0.2) is 18.3 Å². The average molecular weight is 249 g/mol. The summed E-state index contributed by atoms with van der Waals surface area (Å²) < 4.78 is 0. The summed E-state index contributed by atoms with van der Waals surface area (Å²) in [6.07, 6.45) is 2.80. The van der Waals surface area contributed by atoms with Gasteiger partial charge in [-0.1, -0.05) is 13.8 Å². The van der Waals surface area contributed by atoms with Crippen LogP contribution >= 0.6 is 0 Å². The van der Waals surface area contributed by atoms with Crippen LogP contribution in [0.3, 0.4) is 0 Å². The lowest BCUT2D eigenvalue weighted by molar-refractivity contribution is -0.127. The molecule has 1 aromatic heterocycles. The molecule has 4 nitrogen and oxygen atoms in total. The van der Waals surface area contributed by atoms with Crippen LogP contribution in [0.2, 0.25) is 0 Å². The minimum absolute atomic E-state index is 0.154. The molecule has 0 spiro atoms. The third-order valence-corrected chi connectivity index (χ3v) is 2.90. The smallest absolute Gasteiger partial charge is 0.219 e. The van der Waals surface area contributed by atoms with Crippen LogP contribution < -0.4 is 5.32 Å². The largest absolute Gasteiger partial charge is 0.365 e. The zero-order chi connectivity index (χ0) is 13.5. The van der Waals surface area contributed by atoms with Crippen molar-refractivity contribution >= 4 is 11.7 Å². The summed E-state index contributed by atoms with van der Waals surface area (Å²) in [4.78, 5) is 17.3. The van der Waals surface area contributed by atoms with Crippen LogP contribution in [-0.2, 0) is 4.79 Å². The van der Waals surface area contributed by atoms with Gasteiger partial charge in [-0.3, -0.25) is 4.79 Å². The van der Waals surface area contributed by atoms with Gasteiger partial charge in [0.1, 0.15) is 5.82 Å².